The molecule has 1 atom stereocenters. The molecule has 0 aliphatic rings. The van der Waals surface area contributed by atoms with E-state index in [9.17, 15) is 4.79 Å². The first-order chi connectivity index (χ1) is 10.8. The van der Waals surface area contributed by atoms with Crippen molar-refractivity contribution in [2.24, 2.45) is 0 Å². The molecule has 3 aromatic rings. The van der Waals surface area contributed by atoms with Gasteiger partial charge in [0, 0.05) is 11.5 Å². The molecule has 0 radical (unpaired) electrons. The van der Waals surface area contributed by atoms with Gasteiger partial charge in [-0.2, -0.15) is 0 Å². The number of hydrogen-bond donors (Lipinski definition) is 0. The largest absolute Gasteiger partial charge is 0.290 e. The Labute approximate surface area is 133 Å². The quantitative estimate of drug-likeness (QED) is 0.496. The first-order valence-electron chi connectivity index (χ1n) is 7.25. The monoisotopic (exact) mass is 304 g/mol. The summed E-state index contributed by atoms with van der Waals surface area (Å²) in [5, 5.41) is 0. The van der Waals surface area contributed by atoms with Crippen LogP contribution in [0.4, 0.5) is 0 Å². The zero-order valence-corrected chi connectivity index (χ0v) is 13.3. The van der Waals surface area contributed by atoms with Crippen molar-refractivity contribution < 1.29 is 4.79 Å². The third-order valence-electron chi connectivity index (χ3n) is 3.79. The Balaban J connectivity index is 2.08. The predicted molar refractivity (Wildman–Crippen MR) is 94.3 cm³/mol. The molecule has 3 aromatic carbocycles. The van der Waals surface area contributed by atoms with Crippen LogP contribution >= 0.6 is 9.24 Å². The summed E-state index contributed by atoms with van der Waals surface area (Å²) in [6, 6.07) is 28.8. The molecule has 1 unspecified atom stereocenters. The zero-order valence-electron chi connectivity index (χ0n) is 12.1. The Morgan fingerprint density at radius 3 is 1.45 bits per heavy atom. The Morgan fingerprint density at radius 2 is 1.05 bits per heavy atom. The van der Waals surface area contributed by atoms with Crippen LogP contribution in [-0.4, -0.2) is 5.52 Å². The normalized spacial score (nSPS) is 10.6. The molecule has 0 spiro atoms. The van der Waals surface area contributed by atoms with Gasteiger partial charge >= 0.3 is 0 Å². The first kappa shape index (κ1) is 14.7. The Bertz CT molecular complexity index is 709. The molecule has 1 nitrogen and oxygen atoms in total. The van der Waals surface area contributed by atoms with Gasteiger partial charge in [0.05, 0.1) is 0 Å². The van der Waals surface area contributed by atoms with E-state index in [1.807, 2.05) is 36.4 Å². The molecular weight excluding hydrogens is 287 g/mol. The van der Waals surface area contributed by atoms with E-state index in [2.05, 4.69) is 57.8 Å². The second-order valence-corrected chi connectivity index (χ2v) is 5.77. The van der Waals surface area contributed by atoms with Crippen molar-refractivity contribution in [2.45, 2.75) is 5.92 Å². The predicted octanol–water partition coefficient (Wildman–Crippen LogP) is 4.88. The van der Waals surface area contributed by atoms with Gasteiger partial charge in [-0.1, -0.05) is 94.2 Å². The second-order valence-electron chi connectivity index (χ2n) is 5.24. The minimum Gasteiger partial charge on any atom is -0.290 e. The molecule has 0 heterocycles. The van der Waals surface area contributed by atoms with Gasteiger partial charge in [-0.05, 0) is 16.7 Å². The maximum atomic E-state index is 11.4. The summed E-state index contributed by atoms with van der Waals surface area (Å²) >= 11 is 0. The molecule has 0 aromatic heterocycles. The molecule has 0 fully saturated rings. The third-order valence-corrected chi connectivity index (χ3v) is 4.13. The minimum absolute atomic E-state index is 0.0162. The fourth-order valence-corrected chi connectivity index (χ4v) is 2.90. The maximum absolute atomic E-state index is 11.4. The smallest absolute Gasteiger partial charge is 0.178 e. The van der Waals surface area contributed by atoms with Crippen LogP contribution in [0.2, 0.25) is 0 Å². The molecule has 0 bridgehead atoms. The highest BCUT2D eigenvalue weighted by molar-refractivity contribution is 7.41. The van der Waals surface area contributed by atoms with Gasteiger partial charge in [0.1, 0.15) is 0 Å². The summed E-state index contributed by atoms with van der Waals surface area (Å²) in [6.45, 7) is 0. The molecule has 0 amide bonds. The lowest BCUT2D eigenvalue weighted by Crippen LogP contribution is -2.03. The van der Waals surface area contributed by atoms with E-state index < -0.39 is 0 Å². The van der Waals surface area contributed by atoms with Crippen LogP contribution in [0.3, 0.4) is 0 Å². The van der Waals surface area contributed by atoms with E-state index >= 15 is 0 Å². The van der Waals surface area contributed by atoms with Crippen molar-refractivity contribution >= 4 is 14.8 Å². The summed E-state index contributed by atoms with van der Waals surface area (Å²) in [7, 11) is 2.22. The molecular formula is C20H17OP. The van der Waals surface area contributed by atoms with Crippen LogP contribution in [0, 0.1) is 0 Å². The molecule has 0 saturated heterocycles. The lowest BCUT2D eigenvalue weighted by atomic mass is 9.85. The first-order valence-corrected chi connectivity index (χ1v) is 7.83. The highest BCUT2D eigenvalue weighted by atomic mass is 31.0. The van der Waals surface area contributed by atoms with Gasteiger partial charge in [-0.3, -0.25) is 4.79 Å². The van der Waals surface area contributed by atoms with Crippen molar-refractivity contribution in [1.82, 2.24) is 0 Å². The zero-order chi connectivity index (χ0) is 15.4. The number of hydrogen-bond acceptors (Lipinski definition) is 1. The Morgan fingerprint density at radius 1 is 0.636 bits per heavy atom. The lowest BCUT2D eigenvalue weighted by Gasteiger charge is -2.19. The van der Waals surface area contributed by atoms with Crippen LogP contribution in [0.25, 0.3) is 0 Å². The summed E-state index contributed by atoms with van der Waals surface area (Å²) in [5.41, 5.74) is 4.42. The summed E-state index contributed by atoms with van der Waals surface area (Å²) in [6.07, 6.45) is 0. The van der Waals surface area contributed by atoms with E-state index in [0.29, 0.717) is 5.56 Å². The summed E-state index contributed by atoms with van der Waals surface area (Å²) in [5.74, 6) is 0.177. The topological polar surface area (TPSA) is 17.1 Å². The average Bonchev–Trinajstić information content (AvgIpc) is 2.57. The van der Waals surface area contributed by atoms with Crippen molar-refractivity contribution in [3.8, 4) is 0 Å². The molecule has 0 saturated carbocycles. The molecule has 2 heteroatoms. The Hall–Kier alpha value is -2.24. The minimum atomic E-state index is 0.0162. The van der Waals surface area contributed by atoms with Gasteiger partial charge in [-0.15, -0.1) is 0 Å². The van der Waals surface area contributed by atoms with E-state index in [0.717, 1.165) is 0 Å². The second kappa shape index (κ2) is 6.68. The fourth-order valence-electron chi connectivity index (χ4n) is 2.71. The standard InChI is InChI=1S/C20H17OP/c21-20(22)18-13-11-17(12-14-18)19(15-7-3-1-4-8-15)16-9-5-2-6-10-16/h1-14,19H,22H2. The highest BCUT2D eigenvalue weighted by Gasteiger charge is 2.16. The lowest BCUT2D eigenvalue weighted by molar-refractivity contribution is 0.108. The van der Waals surface area contributed by atoms with Crippen LogP contribution < -0.4 is 0 Å². The van der Waals surface area contributed by atoms with Gasteiger partial charge < -0.3 is 0 Å². The number of carbonyl (C=O) groups excluding carboxylic acids is 1. The molecule has 22 heavy (non-hydrogen) atoms. The van der Waals surface area contributed by atoms with Gasteiger partial charge in [0.25, 0.3) is 0 Å². The summed E-state index contributed by atoms with van der Waals surface area (Å²) in [4.78, 5) is 11.4. The molecule has 3 rings (SSSR count). The van der Waals surface area contributed by atoms with E-state index in [-0.39, 0.29) is 11.4 Å². The van der Waals surface area contributed by atoms with Gasteiger partial charge in [-0.25, -0.2) is 0 Å². The van der Waals surface area contributed by atoms with Gasteiger partial charge in [0.2, 0.25) is 0 Å². The van der Waals surface area contributed by atoms with Crippen molar-refractivity contribution in [2.75, 3.05) is 0 Å². The van der Waals surface area contributed by atoms with Crippen molar-refractivity contribution in [3.05, 3.63) is 107 Å². The molecule has 108 valence electrons. The fraction of sp³-hybridized carbons (Fsp3) is 0.0500. The average molecular weight is 304 g/mol. The molecule has 0 aliphatic heterocycles. The molecule has 0 N–H and O–H groups in total. The van der Waals surface area contributed by atoms with Gasteiger partial charge in [0.15, 0.2) is 5.52 Å². The van der Waals surface area contributed by atoms with Crippen molar-refractivity contribution in [3.63, 3.8) is 0 Å². The van der Waals surface area contributed by atoms with Crippen LogP contribution in [0.5, 0.6) is 0 Å². The number of carbonyl (C=O) groups is 1. The van der Waals surface area contributed by atoms with E-state index in [1.165, 1.54) is 16.7 Å². The van der Waals surface area contributed by atoms with Crippen molar-refractivity contribution in [1.29, 1.82) is 0 Å². The maximum Gasteiger partial charge on any atom is 0.178 e. The Kier molecular flexibility index (Phi) is 4.46. The van der Waals surface area contributed by atoms with Crippen LogP contribution in [0.1, 0.15) is 33.0 Å². The molecule has 0 aliphatic carbocycles. The summed E-state index contributed by atoms with van der Waals surface area (Å²) < 4.78 is 0. The van der Waals surface area contributed by atoms with Crippen LogP contribution in [0.15, 0.2) is 84.9 Å². The number of benzene rings is 3. The van der Waals surface area contributed by atoms with E-state index in [4.69, 9.17) is 0 Å². The van der Waals surface area contributed by atoms with Crippen LogP contribution in [-0.2, 0) is 0 Å². The van der Waals surface area contributed by atoms with E-state index in [1.54, 1.807) is 0 Å². The number of rotatable bonds is 4. The highest BCUT2D eigenvalue weighted by Crippen LogP contribution is 2.31. The third kappa shape index (κ3) is 3.16. The SMILES string of the molecule is O=C(P)c1ccc(C(c2ccccc2)c2ccccc2)cc1.